The molecule has 0 aliphatic rings. The molecule has 3 heteroatoms. The molecule has 1 N–H and O–H groups in total. The fraction of sp³-hybridized carbons (Fsp3) is 0.312. The standard InChI is InChI=1S/C16H20N2O/c1-13(15-8-10-17-11-9-15)18-12-7-14-3-5-16(19-2)6-4-14/h3-6,8-11,13,18H,7,12H2,1-2H3/t13-/m1/s1. The van der Waals surface area contributed by atoms with Gasteiger partial charge in [-0.3, -0.25) is 4.98 Å². The van der Waals surface area contributed by atoms with E-state index in [-0.39, 0.29) is 0 Å². The van der Waals surface area contributed by atoms with Gasteiger partial charge in [-0.15, -0.1) is 0 Å². The van der Waals surface area contributed by atoms with Crippen molar-refractivity contribution in [3.63, 3.8) is 0 Å². The molecule has 1 aromatic carbocycles. The molecule has 0 spiro atoms. The highest BCUT2D eigenvalue weighted by atomic mass is 16.5. The van der Waals surface area contributed by atoms with Crippen molar-refractivity contribution in [2.75, 3.05) is 13.7 Å². The van der Waals surface area contributed by atoms with Crippen LogP contribution in [-0.4, -0.2) is 18.6 Å². The maximum atomic E-state index is 5.15. The van der Waals surface area contributed by atoms with Crippen molar-refractivity contribution in [3.8, 4) is 5.75 Å². The quantitative estimate of drug-likeness (QED) is 0.862. The van der Waals surface area contributed by atoms with Gasteiger partial charge in [0.15, 0.2) is 0 Å². The summed E-state index contributed by atoms with van der Waals surface area (Å²) in [5.41, 5.74) is 2.58. The van der Waals surface area contributed by atoms with E-state index in [9.17, 15) is 0 Å². The Bertz CT molecular complexity index is 482. The highest BCUT2D eigenvalue weighted by molar-refractivity contribution is 5.27. The van der Waals surface area contributed by atoms with Crippen molar-refractivity contribution in [1.29, 1.82) is 0 Å². The van der Waals surface area contributed by atoms with Crippen LogP contribution in [-0.2, 0) is 6.42 Å². The normalized spacial score (nSPS) is 12.1. The first-order chi connectivity index (χ1) is 9.29. The summed E-state index contributed by atoms with van der Waals surface area (Å²) >= 11 is 0. The minimum atomic E-state index is 0.348. The number of nitrogens with zero attached hydrogens (tertiary/aromatic N) is 1. The summed E-state index contributed by atoms with van der Waals surface area (Å²) in [6.45, 7) is 3.12. The van der Waals surface area contributed by atoms with Crippen LogP contribution < -0.4 is 10.1 Å². The van der Waals surface area contributed by atoms with E-state index in [0.717, 1.165) is 18.7 Å². The molecule has 2 aromatic rings. The zero-order valence-electron chi connectivity index (χ0n) is 11.5. The Kier molecular flexibility index (Phi) is 4.93. The van der Waals surface area contributed by atoms with E-state index < -0.39 is 0 Å². The van der Waals surface area contributed by atoms with Gasteiger partial charge < -0.3 is 10.1 Å². The smallest absolute Gasteiger partial charge is 0.118 e. The van der Waals surface area contributed by atoms with E-state index >= 15 is 0 Å². The van der Waals surface area contributed by atoms with Crippen LogP contribution >= 0.6 is 0 Å². The van der Waals surface area contributed by atoms with Gasteiger partial charge in [-0.2, -0.15) is 0 Å². The second-order valence-electron chi connectivity index (χ2n) is 4.55. The van der Waals surface area contributed by atoms with E-state index in [4.69, 9.17) is 4.74 Å². The summed E-state index contributed by atoms with van der Waals surface area (Å²) in [4.78, 5) is 4.03. The van der Waals surface area contributed by atoms with E-state index in [1.807, 2.05) is 36.7 Å². The average molecular weight is 256 g/mol. The van der Waals surface area contributed by atoms with Crippen molar-refractivity contribution in [3.05, 3.63) is 59.9 Å². The number of rotatable bonds is 6. The summed E-state index contributed by atoms with van der Waals surface area (Å²) < 4.78 is 5.15. The van der Waals surface area contributed by atoms with E-state index in [2.05, 4.69) is 29.4 Å². The van der Waals surface area contributed by atoms with Gasteiger partial charge in [0.1, 0.15) is 5.75 Å². The highest BCUT2D eigenvalue weighted by Crippen LogP contribution is 2.13. The number of hydrogen-bond donors (Lipinski definition) is 1. The Morgan fingerprint density at radius 1 is 1.11 bits per heavy atom. The van der Waals surface area contributed by atoms with E-state index in [1.54, 1.807) is 7.11 Å². The fourth-order valence-electron chi connectivity index (χ4n) is 2.00. The summed E-state index contributed by atoms with van der Waals surface area (Å²) in [5, 5.41) is 3.52. The van der Waals surface area contributed by atoms with Crippen LogP contribution in [0.1, 0.15) is 24.1 Å². The lowest BCUT2D eigenvalue weighted by molar-refractivity contribution is 0.414. The molecule has 100 valence electrons. The van der Waals surface area contributed by atoms with Crippen molar-refractivity contribution in [1.82, 2.24) is 10.3 Å². The molecule has 0 bridgehead atoms. The molecule has 0 fully saturated rings. The molecule has 19 heavy (non-hydrogen) atoms. The molecule has 0 aliphatic heterocycles. The van der Waals surface area contributed by atoms with Gasteiger partial charge in [-0.05, 0) is 55.3 Å². The zero-order chi connectivity index (χ0) is 13.5. The number of benzene rings is 1. The second-order valence-corrected chi connectivity index (χ2v) is 4.55. The van der Waals surface area contributed by atoms with Gasteiger partial charge in [0, 0.05) is 18.4 Å². The number of aromatic nitrogens is 1. The molecular weight excluding hydrogens is 236 g/mol. The van der Waals surface area contributed by atoms with Crippen LogP contribution in [0.15, 0.2) is 48.8 Å². The number of hydrogen-bond acceptors (Lipinski definition) is 3. The van der Waals surface area contributed by atoms with E-state index in [1.165, 1.54) is 11.1 Å². The minimum Gasteiger partial charge on any atom is -0.497 e. The van der Waals surface area contributed by atoms with Gasteiger partial charge in [0.2, 0.25) is 0 Å². The number of pyridine rings is 1. The third-order valence-corrected chi connectivity index (χ3v) is 3.23. The maximum Gasteiger partial charge on any atom is 0.118 e. The topological polar surface area (TPSA) is 34.1 Å². The summed E-state index contributed by atoms with van der Waals surface area (Å²) in [7, 11) is 1.69. The molecule has 2 rings (SSSR count). The third-order valence-electron chi connectivity index (χ3n) is 3.23. The van der Waals surface area contributed by atoms with Crippen molar-refractivity contribution in [2.24, 2.45) is 0 Å². The first-order valence-corrected chi connectivity index (χ1v) is 6.56. The van der Waals surface area contributed by atoms with Crippen LogP contribution in [0.4, 0.5) is 0 Å². The van der Waals surface area contributed by atoms with Crippen LogP contribution in [0.25, 0.3) is 0 Å². The van der Waals surface area contributed by atoms with Crippen molar-refractivity contribution >= 4 is 0 Å². The average Bonchev–Trinajstić information content (AvgIpc) is 2.49. The molecule has 1 atom stereocenters. The second kappa shape index (κ2) is 6.90. The van der Waals surface area contributed by atoms with Crippen LogP contribution in [0.3, 0.4) is 0 Å². The molecule has 0 unspecified atom stereocenters. The SMILES string of the molecule is COc1ccc(CCN[C@H](C)c2ccncc2)cc1. The number of methoxy groups -OCH3 is 1. The zero-order valence-corrected chi connectivity index (χ0v) is 11.5. The summed E-state index contributed by atoms with van der Waals surface area (Å²) in [5.74, 6) is 0.905. The Balaban J connectivity index is 1.79. The van der Waals surface area contributed by atoms with Gasteiger partial charge in [-0.1, -0.05) is 12.1 Å². The van der Waals surface area contributed by atoms with Crippen molar-refractivity contribution in [2.45, 2.75) is 19.4 Å². The van der Waals surface area contributed by atoms with Crippen molar-refractivity contribution < 1.29 is 4.74 Å². The molecule has 0 aliphatic carbocycles. The minimum absolute atomic E-state index is 0.348. The molecule has 0 radical (unpaired) electrons. The van der Waals surface area contributed by atoms with Gasteiger partial charge >= 0.3 is 0 Å². The monoisotopic (exact) mass is 256 g/mol. The van der Waals surface area contributed by atoms with Gasteiger partial charge in [0.05, 0.1) is 7.11 Å². The Morgan fingerprint density at radius 2 is 1.79 bits per heavy atom. The molecular formula is C16H20N2O. The lowest BCUT2D eigenvalue weighted by atomic mass is 10.1. The first-order valence-electron chi connectivity index (χ1n) is 6.56. The lowest BCUT2D eigenvalue weighted by Crippen LogP contribution is -2.21. The Morgan fingerprint density at radius 3 is 2.42 bits per heavy atom. The fourth-order valence-corrected chi connectivity index (χ4v) is 2.00. The third kappa shape index (κ3) is 4.07. The molecule has 1 aromatic heterocycles. The molecule has 3 nitrogen and oxygen atoms in total. The number of ether oxygens (including phenoxy) is 1. The molecule has 0 saturated carbocycles. The Hall–Kier alpha value is -1.87. The molecule has 0 amide bonds. The maximum absolute atomic E-state index is 5.15. The summed E-state index contributed by atoms with van der Waals surface area (Å²) in [6.07, 6.45) is 4.67. The lowest BCUT2D eigenvalue weighted by Gasteiger charge is -2.14. The number of nitrogens with one attached hydrogen (secondary N) is 1. The van der Waals surface area contributed by atoms with Crippen LogP contribution in [0, 0.1) is 0 Å². The summed E-state index contributed by atoms with van der Waals surface area (Å²) in [6, 6.07) is 12.7. The first kappa shape index (κ1) is 13.6. The van der Waals surface area contributed by atoms with Crippen LogP contribution in [0.2, 0.25) is 0 Å². The molecule has 0 saturated heterocycles. The van der Waals surface area contributed by atoms with E-state index in [0.29, 0.717) is 6.04 Å². The largest absolute Gasteiger partial charge is 0.497 e. The Labute approximate surface area is 114 Å². The predicted molar refractivity (Wildman–Crippen MR) is 77.4 cm³/mol. The predicted octanol–water partition coefficient (Wildman–Crippen LogP) is 2.98. The molecule has 1 heterocycles. The highest BCUT2D eigenvalue weighted by Gasteiger charge is 2.03. The van der Waals surface area contributed by atoms with Crippen LogP contribution in [0.5, 0.6) is 5.75 Å². The van der Waals surface area contributed by atoms with Gasteiger partial charge in [0.25, 0.3) is 0 Å². The van der Waals surface area contributed by atoms with Gasteiger partial charge in [-0.25, -0.2) is 0 Å².